The molecule has 5 heteroatoms. The van der Waals surface area contributed by atoms with Gasteiger partial charge in [0.05, 0.1) is 12.5 Å². The zero-order chi connectivity index (χ0) is 19.9. The predicted octanol–water partition coefficient (Wildman–Crippen LogP) is 3.11. The first-order chi connectivity index (χ1) is 13.5. The van der Waals surface area contributed by atoms with Crippen LogP contribution in [0.25, 0.3) is 0 Å². The minimum atomic E-state index is -0.373. The summed E-state index contributed by atoms with van der Waals surface area (Å²) in [6, 6.07) is 17.1. The minimum Gasteiger partial charge on any atom is -0.352 e. The molecule has 28 heavy (non-hydrogen) atoms. The number of carbonyl (C=O) groups is 2. The fourth-order valence-corrected chi connectivity index (χ4v) is 3.58. The number of rotatable bonds is 6. The topological polar surface area (TPSA) is 70.2 Å². The molecule has 5 nitrogen and oxygen atoms in total. The van der Waals surface area contributed by atoms with Gasteiger partial charge in [0.2, 0.25) is 5.91 Å². The third-order valence-corrected chi connectivity index (χ3v) is 5.32. The van der Waals surface area contributed by atoms with E-state index < -0.39 is 0 Å². The Morgan fingerprint density at radius 3 is 2.50 bits per heavy atom. The minimum absolute atomic E-state index is 0.0430. The van der Waals surface area contributed by atoms with Gasteiger partial charge in [0.25, 0.3) is 5.91 Å². The highest BCUT2D eigenvalue weighted by atomic mass is 16.2. The molecule has 1 fully saturated rings. The third-order valence-electron chi connectivity index (χ3n) is 5.32. The zero-order valence-electron chi connectivity index (χ0n) is 16.6. The van der Waals surface area contributed by atoms with Gasteiger partial charge in [-0.15, -0.1) is 0 Å². The number of piperidine rings is 1. The summed E-state index contributed by atoms with van der Waals surface area (Å²) in [5, 5.41) is 9.57. The summed E-state index contributed by atoms with van der Waals surface area (Å²) < 4.78 is 0. The molecule has 3 unspecified atom stereocenters. The van der Waals surface area contributed by atoms with E-state index in [-0.39, 0.29) is 36.4 Å². The van der Waals surface area contributed by atoms with Gasteiger partial charge in [0.15, 0.2) is 0 Å². The van der Waals surface area contributed by atoms with Crippen molar-refractivity contribution >= 4 is 11.8 Å². The van der Waals surface area contributed by atoms with Gasteiger partial charge in [-0.05, 0) is 50.9 Å². The monoisotopic (exact) mass is 379 g/mol. The third kappa shape index (κ3) is 5.42. The Balaban J connectivity index is 1.69. The lowest BCUT2D eigenvalue weighted by molar-refractivity contribution is -0.122. The van der Waals surface area contributed by atoms with Crippen molar-refractivity contribution in [1.82, 2.24) is 16.0 Å². The Morgan fingerprint density at radius 2 is 1.82 bits per heavy atom. The quantitative estimate of drug-likeness (QED) is 0.722. The molecular formula is C23H29N3O2. The molecule has 0 aliphatic carbocycles. The van der Waals surface area contributed by atoms with Crippen LogP contribution in [0.1, 0.15) is 53.7 Å². The van der Waals surface area contributed by atoms with Crippen molar-refractivity contribution in [3.63, 3.8) is 0 Å². The Kier molecular flexibility index (Phi) is 6.82. The van der Waals surface area contributed by atoms with Crippen molar-refractivity contribution in [1.29, 1.82) is 0 Å². The molecule has 0 spiro atoms. The van der Waals surface area contributed by atoms with Gasteiger partial charge >= 0.3 is 0 Å². The van der Waals surface area contributed by atoms with Crippen molar-refractivity contribution in [2.45, 2.75) is 51.2 Å². The molecule has 3 rings (SSSR count). The molecule has 3 atom stereocenters. The van der Waals surface area contributed by atoms with Crippen LogP contribution >= 0.6 is 0 Å². The van der Waals surface area contributed by atoms with Crippen LogP contribution in [0.2, 0.25) is 0 Å². The second kappa shape index (κ2) is 9.51. The van der Waals surface area contributed by atoms with E-state index in [1.54, 1.807) is 0 Å². The molecular weight excluding hydrogens is 350 g/mol. The smallest absolute Gasteiger partial charge is 0.251 e. The van der Waals surface area contributed by atoms with Crippen LogP contribution in [0.3, 0.4) is 0 Å². The lowest BCUT2D eigenvalue weighted by Gasteiger charge is -2.31. The van der Waals surface area contributed by atoms with Gasteiger partial charge in [-0.2, -0.15) is 0 Å². The first kappa shape index (κ1) is 20.1. The van der Waals surface area contributed by atoms with Gasteiger partial charge in [0, 0.05) is 17.6 Å². The molecule has 1 aliphatic rings. The zero-order valence-corrected chi connectivity index (χ0v) is 16.6. The van der Waals surface area contributed by atoms with E-state index in [1.807, 2.05) is 61.5 Å². The molecule has 0 bridgehead atoms. The van der Waals surface area contributed by atoms with Gasteiger partial charge in [-0.25, -0.2) is 0 Å². The maximum atomic E-state index is 12.7. The van der Waals surface area contributed by atoms with Crippen LogP contribution in [-0.2, 0) is 4.79 Å². The number of nitrogens with one attached hydrogen (secondary N) is 3. The summed E-state index contributed by atoms with van der Waals surface area (Å²) in [4.78, 5) is 25.4. The molecule has 0 aromatic heterocycles. The van der Waals surface area contributed by atoms with Crippen LogP contribution in [0.4, 0.5) is 0 Å². The molecule has 1 heterocycles. The van der Waals surface area contributed by atoms with Gasteiger partial charge < -0.3 is 16.0 Å². The highest BCUT2D eigenvalue weighted by Crippen LogP contribution is 2.18. The van der Waals surface area contributed by atoms with E-state index in [1.165, 1.54) is 0 Å². The van der Waals surface area contributed by atoms with Crippen LogP contribution < -0.4 is 16.0 Å². The summed E-state index contributed by atoms with van der Waals surface area (Å²) in [5.41, 5.74) is 2.62. The fraction of sp³-hybridized carbons (Fsp3) is 0.391. The highest BCUT2D eigenvalue weighted by molar-refractivity contribution is 5.94. The Morgan fingerprint density at radius 1 is 1.11 bits per heavy atom. The van der Waals surface area contributed by atoms with E-state index in [0.29, 0.717) is 5.56 Å². The molecule has 148 valence electrons. The molecule has 2 aromatic rings. The second-order valence-corrected chi connectivity index (χ2v) is 7.57. The van der Waals surface area contributed by atoms with E-state index in [2.05, 4.69) is 22.9 Å². The molecule has 2 amide bonds. The number of hydrogen-bond donors (Lipinski definition) is 3. The van der Waals surface area contributed by atoms with Crippen molar-refractivity contribution in [2.24, 2.45) is 0 Å². The molecule has 0 saturated carbocycles. The van der Waals surface area contributed by atoms with Gasteiger partial charge in [0.1, 0.15) is 0 Å². The Bertz CT molecular complexity index is 789. The van der Waals surface area contributed by atoms with E-state index in [9.17, 15) is 9.59 Å². The van der Waals surface area contributed by atoms with E-state index >= 15 is 0 Å². The van der Waals surface area contributed by atoms with E-state index in [0.717, 1.165) is 30.5 Å². The van der Waals surface area contributed by atoms with Crippen LogP contribution in [-0.4, -0.2) is 30.4 Å². The largest absolute Gasteiger partial charge is 0.352 e. The summed E-state index contributed by atoms with van der Waals surface area (Å²) in [6.07, 6.45) is 2.25. The average molecular weight is 380 g/mol. The van der Waals surface area contributed by atoms with E-state index in [4.69, 9.17) is 0 Å². The SMILES string of the molecule is Cc1ccc(C(=O)NC(CC(=O)NC2CCCNC2C)c2ccccc2)cc1. The van der Waals surface area contributed by atoms with Crippen LogP contribution in [0, 0.1) is 6.92 Å². The average Bonchev–Trinajstić information content (AvgIpc) is 2.70. The summed E-state index contributed by atoms with van der Waals surface area (Å²) in [7, 11) is 0. The lowest BCUT2D eigenvalue weighted by Crippen LogP contribution is -2.52. The number of aryl methyl sites for hydroxylation is 1. The first-order valence-electron chi connectivity index (χ1n) is 9.98. The maximum Gasteiger partial charge on any atom is 0.251 e. The summed E-state index contributed by atoms with van der Waals surface area (Å²) in [5.74, 6) is -0.215. The molecule has 1 aliphatic heterocycles. The van der Waals surface area contributed by atoms with Gasteiger partial charge in [-0.1, -0.05) is 48.0 Å². The maximum absolute atomic E-state index is 12.7. The molecule has 2 aromatic carbocycles. The lowest BCUT2D eigenvalue weighted by atomic mass is 9.98. The number of hydrogen-bond acceptors (Lipinski definition) is 3. The number of carbonyl (C=O) groups excluding carboxylic acids is 2. The molecule has 0 radical (unpaired) electrons. The summed E-state index contributed by atoms with van der Waals surface area (Å²) >= 11 is 0. The summed E-state index contributed by atoms with van der Waals surface area (Å²) in [6.45, 7) is 5.07. The van der Waals surface area contributed by atoms with Crippen molar-refractivity contribution in [3.05, 3.63) is 71.3 Å². The van der Waals surface area contributed by atoms with Gasteiger partial charge in [-0.3, -0.25) is 9.59 Å². The Hall–Kier alpha value is -2.66. The molecule has 3 N–H and O–H groups in total. The van der Waals surface area contributed by atoms with Crippen LogP contribution in [0.15, 0.2) is 54.6 Å². The highest BCUT2D eigenvalue weighted by Gasteiger charge is 2.25. The Labute approximate surface area is 166 Å². The van der Waals surface area contributed by atoms with Crippen molar-refractivity contribution in [2.75, 3.05) is 6.54 Å². The van der Waals surface area contributed by atoms with Crippen molar-refractivity contribution in [3.8, 4) is 0 Å². The number of amides is 2. The number of benzene rings is 2. The second-order valence-electron chi connectivity index (χ2n) is 7.57. The van der Waals surface area contributed by atoms with Crippen LogP contribution in [0.5, 0.6) is 0 Å². The normalized spacial score (nSPS) is 20.2. The fourth-order valence-electron chi connectivity index (χ4n) is 3.58. The molecule has 1 saturated heterocycles. The standard InChI is InChI=1S/C23H29N3O2/c1-16-10-12-19(13-11-16)23(28)26-21(18-7-4-3-5-8-18)15-22(27)25-20-9-6-14-24-17(20)2/h3-5,7-8,10-13,17,20-21,24H,6,9,14-15H2,1-2H3,(H,25,27)(H,26,28). The first-order valence-corrected chi connectivity index (χ1v) is 9.98. The van der Waals surface area contributed by atoms with Crippen molar-refractivity contribution < 1.29 is 9.59 Å². The predicted molar refractivity (Wildman–Crippen MR) is 111 cm³/mol.